The minimum Gasteiger partial charge on any atom is -0.492 e. The largest absolute Gasteiger partial charge is 0.492 e. The van der Waals surface area contributed by atoms with Crippen molar-refractivity contribution in [3.8, 4) is 5.75 Å². The predicted molar refractivity (Wildman–Crippen MR) is 78.0 cm³/mol. The number of likely N-dealkylation sites (N-methyl/N-ethyl adjacent to an activating group) is 1. The lowest BCUT2D eigenvalue weighted by molar-refractivity contribution is -0.883. The van der Waals surface area contributed by atoms with Crippen molar-refractivity contribution in [2.45, 2.75) is 11.8 Å². The number of nitrogens with one attached hydrogen (secondary N) is 1. The minimum atomic E-state index is -3.55. The lowest BCUT2D eigenvalue weighted by Gasteiger charge is -2.29. The maximum atomic E-state index is 12.7. The maximum absolute atomic E-state index is 12.7. The van der Waals surface area contributed by atoms with Crippen LogP contribution in [0.15, 0.2) is 23.1 Å². The average Bonchev–Trinajstić information content (AvgIpc) is 2.41. The van der Waals surface area contributed by atoms with E-state index in [1.807, 2.05) is 6.92 Å². The van der Waals surface area contributed by atoms with Gasteiger partial charge in [0.15, 0.2) is 0 Å². The first-order valence-electron chi connectivity index (χ1n) is 6.69. The van der Waals surface area contributed by atoms with E-state index in [0.29, 0.717) is 30.5 Å². The van der Waals surface area contributed by atoms with Gasteiger partial charge in [-0.1, -0.05) is 11.6 Å². The predicted octanol–water partition coefficient (Wildman–Crippen LogP) is 0.258. The molecule has 0 spiro atoms. The molecule has 5 nitrogen and oxygen atoms in total. The zero-order valence-corrected chi connectivity index (χ0v) is 13.3. The Balaban J connectivity index is 2.35. The summed E-state index contributed by atoms with van der Waals surface area (Å²) in [5, 5.41) is 0.395. The van der Waals surface area contributed by atoms with Gasteiger partial charge < -0.3 is 9.64 Å². The van der Waals surface area contributed by atoms with E-state index in [1.165, 1.54) is 15.3 Å². The molecule has 1 aromatic carbocycles. The second kappa shape index (κ2) is 6.30. The van der Waals surface area contributed by atoms with Gasteiger partial charge in [0.1, 0.15) is 10.6 Å². The van der Waals surface area contributed by atoms with Crippen LogP contribution < -0.4 is 9.64 Å². The van der Waals surface area contributed by atoms with Crippen LogP contribution in [0, 0.1) is 0 Å². The van der Waals surface area contributed by atoms with Crippen molar-refractivity contribution in [1.29, 1.82) is 0 Å². The lowest BCUT2D eigenvalue weighted by Crippen LogP contribution is -3.12. The summed E-state index contributed by atoms with van der Waals surface area (Å²) in [6.45, 7) is 4.90. The number of halogens is 1. The molecule has 2 rings (SSSR count). The topological polar surface area (TPSA) is 51.1 Å². The van der Waals surface area contributed by atoms with E-state index in [-0.39, 0.29) is 4.90 Å². The van der Waals surface area contributed by atoms with E-state index >= 15 is 0 Å². The molecule has 0 saturated carbocycles. The molecule has 1 saturated heterocycles. The van der Waals surface area contributed by atoms with Crippen LogP contribution in [-0.4, -0.2) is 52.6 Å². The van der Waals surface area contributed by atoms with E-state index in [4.69, 9.17) is 16.3 Å². The molecule has 1 aromatic rings. The van der Waals surface area contributed by atoms with Crippen LogP contribution in [0.25, 0.3) is 0 Å². The fraction of sp³-hybridized carbons (Fsp3) is 0.538. The van der Waals surface area contributed by atoms with E-state index in [9.17, 15) is 8.42 Å². The van der Waals surface area contributed by atoms with Crippen LogP contribution in [-0.2, 0) is 10.0 Å². The van der Waals surface area contributed by atoms with Crippen molar-refractivity contribution in [1.82, 2.24) is 4.31 Å². The number of hydrogen-bond acceptors (Lipinski definition) is 3. The molecular formula is C13H20ClN2O3S+. The lowest BCUT2D eigenvalue weighted by atomic mass is 10.3. The number of nitrogens with zero attached hydrogens (tertiary/aromatic N) is 1. The Kier molecular flexibility index (Phi) is 4.90. The van der Waals surface area contributed by atoms with Gasteiger partial charge in [-0.25, -0.2) is 8.42 Å². The van der Waals surface area contributed by atoms with Gasteiger partial charge in [-0.15, -0.1) is 0 Å². The zero-order valence-electron chi connectivity index (χ0n) is 11.7. The molecule has 112 valence electrons. The van der Waals surface area contributed by atoms with Gasteiger partial charge in [0.25, 0.3) is 0 Å². The molecule has 0 aromatic heterocycles. The SMILES string of the molecule is CCOc1ccc(Cl)cc1S(=O)(=O)N1CC[NH+](C)CC1. The number of quaternary nitrogens is 1. The Morgan fingerprint density at radius 1 is 1.35 bits per heavy atom. The molecule has 1 aliphatic rings. The molecule has 0 unspecified atom stereocenters. The van der Waals surface area contributed by atoms with E-state index in [2.05, 4.69) is 7.05 Å². The third kappa shape index (κ3) is 3.25. The van der Waals surface area contributed by atoms with E-state index < -0.39 is 10.0 Å². The summed E-state index contributed by atoms with van der Waals surface area (Å²) in [7, 11) is -1.49. The summed E-state index contributed by atoms with van der Waals surface area (Å²) >= 11 is 5.94. The normalized spacial score (nSPS) is 18.1. The van der Waals surface area contributed by atoms with Gasteiger partial charge in [-0.3, -0.25) is 0 Å². The molecule has 1 N–H and O–H groups in total. The Labute approximate surface area is 125 Å². The van der Waals surface area contributed by atoms with Crippen molar-refractivity contribution in [3.63, 3.8) is 0 Å². The van der Waals surface area contributed by atoms with Gasteiger partial charge in [0, 0.05) is 5.02 Å². The van der Waals surface area contributed by atoms with Gasteiger partial charge in [-0.05, 0) is 25.1 Å². The highest BCUT2D eigenvalue weighted by Crippen LogP contribution is 2.29. The van der Waals surface area contributed by atoms with Crippen molar-refractivity contribution >= 4 is 21.6 Å². The molecule has 1 fully saturated rings. The number of sulfonamides is 1. The van der Waals surface area contributed by atoms with Crippen molar-refractivity contribution < 1.29 is 18.1 Å². The average molecular weight is 320 g/mol. The molecule has 7 heteroatoms. The summed E-state index contributed by atoms with van der Waals surface area (Å²) in [6.07, 6.45) is 0. The summed E-state index contributed by atoms with van der Waals surface area (Å²) in [4.78, 5) is 1.50. The fourth-order valence-corrected chi connectivity index (χ4v) is 4.04. The third-order valence-corrected chi connectivity index (χ3v) is 5.55. The second-order valence-electron chi connectivity index (χ2n) is 4.89. The van der Waals surface area contributed by atoms with Crippen molar-refractivity contribution in [2.24, 2.45) is 0 Å². The Hall–Kier alpha value is -0.820. The third-order valence-electron chi connectivity index (χ3n) is 3.40. The number of ether oxygens (including phenoxy) is 1. The van der Waals surface area contributed by atoms with Crippen LogP contribution in [0.4, 0.5) is 0 Å². The highest BCUT2D eigenvalue weighted by Gasteiger charge is 2.31. The highest BCUT2D eigenvalue weighted by atomic mass is 35.5. The van der Waals surface area contributed by atoms with Crippen molar-refractivity contribution in [3.05, 3.63) is 23.2 Å². The smallest absolute Gasteiger partial charge is 0.247 e. The molecule has 1 heterocycles. The molecule has 0 atom stereocenters. The van der Waals surface area contributed by atoms with Gasteiger partial charge in [0.05, 0.1) is 39.8 Å². The molecule has 20 heavy (non-hydrogen) atoms. The summed E-state index contributed by atoms with van der Waals surface area (Å²) in [6, 6.07) is 4.72. The Morgan fingerprint density at radius 3 is 2.60 bits per heavy atom. The Morgan fingerprint density at radius 2 is 2.00 bits per heavy atom. The van der Waals surface area contributed by atoms with Crippen LogP contribution in [0.5, 0.6) is 5.75 Å². The fourth-order valence-electron chi connectivity index (χ4n) is 2.21. The van der Waals surface area contributed by atoms with E-state index in [1.54, 1.807) is 12.1 Å². The molecule has 0 bridgehead atoms. The summed E-state index contributed by atoms with van der Waals surface area (Å²) in [5.74, 6) is 0.364. The quantitative estimate of drug-likeness (QED) is 0.866. The number of benzene rings is 1. The summed E-state index contributed by atoms with van der Waals surface area (Å²) < 4.78 is 32.4. The van der Waals surface area contributed by atoms with Crippen molar-refractivity contribution in [2.75, 3.05) is 39.8 Å². The standard InChI is InChI=1S/C13H19ClN2O3S/c1-3-19-12-5-4-11(14)10-13(12)20(17,18)16-8-6-15(2)7-9-16/h4-5,10H,3,6-9H2,1-2H3/p+1. The van der Waals surface area contributed by atoms with Crippen LogP contribution >= 0.6 is 11.6 Å². The van der Waals surface area contributed by atoms with Crippen LogP contribution in [0.1, 0.15) is 6.92 Å². The molecule has 0 aliphatic carbocycles. The van der Waals surface area contributed by atoms with Gasteiger partial charge in [-0.2, -0.15) is 4.31 Å². The van der Waals surface area contributed by atoms with E-state index in [0.717, 1.165) is 13.1 Å². The first-order chi connectivity index (χ1) is 9.45. The first kappa shape index (κ1) is 15.6. The van der Waals surface area contributed by atoms with Crippen LogP contribution in [0.2, 0.25) is 5.02 Å². The summed E-state index contributed by atoms with van der Waals surface area (Å²) in [5.41, 5.74) is 0. The zero-order chi connectivity index (χ0) is 14.8. The first-order valence-corrected chi connectivity index (χ1v) is 8.50. The second-order valence-corrected chi connectivity index (χ2v) is 7.23. The number of hydrogen-bond donors (Lipinski definition) is 1. The molecule has 1 aliphatic heterocycles. The van der Waals surface area contributed by atoms with Gasteiger partial charge >= 0.3 is 0 Å². The molecule has 0 radical (unpaired) electrons. The maximum Gasteiger partial charge on any atom is 0.247 e. The molecular weight excluding hydrogens is 300 g/mol. The van der Waals surface area contributed by atoms with Crippen LogP contribution in [0.3, 0.4) is 0 Å². The monoisotopic (exact) mass is 319 g/mol. The van der Waals surface area contributed by atoms with Gasteiger partial charge in [0.2, 0.25) is 10.0 Å². The number of rotatable bonds is 4. The molecule has 0 amide bonds. The Bertz CT molecular complexity index is 569. The number of piperazine rings is 1. The minimum absolute atomic E-state index is 0.159. The highest BCUT2D eigenvalue weighted by molar-refractivity contribution is 7.89.